The number of aliphatic hydroxyl groups excluding tert-OH is 1. The molecular weight excluding hydrogens is 270 g/mol. The molecule has 1 aliphatic carbocycles. The molecule has 2 N–H and O–H groups in total. The minimum atomic E-state index is -0.218. The van der Waals surface area contributed by atoms with E-state index in [2.05, 4.69) is 19.2 Å². The molecule has 0 amide bonds. The zero-order chi connectivity index (χ0) is 15.0. The Balaban J connectivity index is 1.71. The largest absolute Gasteiger partial charge is 0.493 e. The third-order valence-corrected chi connectivity index (χ3v) is 4.66. The summed E-state index contributed by atoms with van der Waals surface area (Å²) < 4.78 is 16.6. The molecule has 0 saturated heterocycles. The van der Waals surface area contributed by atoms with Gasteiger partial charge in [-0.25, -0.2) is 0 Å². The van der Waals surface area contributed by atoms with E-state index in [4.69, 9.17) is 14.2 Å². The average Bonchev–Trinajstić information content (AvgIpc) is 2.50. The van der Waals surface area contributed by atoms with Gasteiger partial charge >= 0.3 is 0 Å². The summed E-state index contributed by atoms with van der Waals surface area (Å²) in [4.78, 5) is 0. The van der Waals surface area contributed by atoms with E-state index in [9.17, 15) is 5.11 Å². The zero-order valence-electron chi connectivity index (χ0n) is 12.8. The van der Waals surface area contributed by atoms with Crippen LogP contribution in [0, 0.1) is 5.41 Å². The van der Waals surface area contributed by atoms with E-state index in [1.54, 1.807) is 7.11 Å². The SMILES string of the molecule is COc1cc(CNC2CC(O)C2(C)C)cc2c1OCCO2. The van der Waals surface area contributed by atoms with E-state index in [-0.39, 0.29) is 11.5 Å². The van der Waals surface area contributed by atoms with E-state index in [0.717, 1.165) is 17.7 Å². The highest BCUT2D eigenvalue weighted by atomic mass is 16.6. The number of rotatable bonds is 4. The normalized spacial score (nSPS) is 26.1. The van der Waals surface area contributed by atoms with E-state index in [1.807, 2.05) is 12.1 Å². The van der Waals surface area contributed by atoms with Crippen molar-refractivity contribution < 1.29 is 19.3 Å². The van der Waals surface area contributed by atoms with Crippen molar-refractivity contribution in [1.29, 1.82) is 0 Å². The van der Waals surface area contributed by atoms with Gasteiger partial charge in [-0.15, -0.1) is 0 Å². The molecule has 0 spiro atoms. The Morgan fingerprint density at radius 2 is 2.10 bits per heavy atom. The lowest BCUT2D eigenvalue weighted by Gasteiger charge is -2.49. The summed E-state index contributed by atoms with van der Waals surface area (Å²) in [5.41, 5.74) is 1.02. The summed E-state index contributed by atoms with van der Waals surface area (Å²) in [5.74, 6) is 2.13. The topological polar surface area (TPSA) is 60.0 Å². The molecule has 2 unspecified atom stereocenters. The number of aliphatic hydroxyl groups is 1. The standard InChI is InChI=1S/C16H23NO4/c1-16(2)13(8-14(16)18)17-9-10-6-11(19-3)15-12(7-10)20-4-5-21-15/h6-7,13-14,17-18H,4-5,8-9H2,1-3H3. The molecule has 0 radical (unpaired) electrons. The van der Waals surface area contributed by atoms with Crippen molar-refractivity contribution in [3.63, 3.8) is 0 Å². The number of hydrogen-bond donors (Lipinski definition) is 2. The molecular formula is C16H23NO4. The molecule has 1 aromatic carbocycles. The maximum Gasteiger partial charge on any atom is 0.203 e. The molecule has 3 rings (SSSR count). The minimum absolute atomic E-state index is 0.0715. The maximum absolute atomic E-state index is 9.79. The van der Waals surface area contributed by atoms with E-state index >= 15 is 0 Å². The number of ether oxygens (including phenoxy) is 3. The van der Waals surface area contributed by atoms with Crippen LogP contribution in [0.25, 0.3) is 0 Å². The van der Waals surface area contributed by atoms with Crippen molar-refractivity contribution in [2.75, 3.05) is 20.3 Å². The summed E-state index contributed by atoms with van der Waals surface area (Å²) in [5, 5.41) is 13.3. The first kappa shape index (κ1) is 14.5. The molecule has 1 aromatic rings. The molecule has 1 heterocycles. The molecule has 1 fully saturated rings. The van der Waals surface area contributed by atoms with Crippen LogP contribution in [0.5, 0.6) is 17.2 Å². The van der Waals surface area contributed by atoms with Crippen molar-refractivity contribution >= 4 is 0 Å². The van der Waals surface area contributed by atoms with E-state index < -0.39 is 0 Å². The molecule has 5 heteroatoms. The van der Waals surface area contributed by atoms with E-state index in [1.165, 1.54) is 0 Å². The van der Waals surface area contributed by atoms with Crippen molar-refractivity contribution in [3.05, 3.63) is 17.7 Å². The van der Waals surface area contributed by atoms with Crippen LogP contribution in [0.4, 0.5) is 0 Å². The Labute approximate surface area is 125 Å². The van der Waals surface area contributed by atoms with Crippen LogP contribution < -0.4 is 19.5 Å². The van der Waals surface area contributed by atoms with Crippen LogP contribution in [0.2, 0.25) is 0 Å². The third-order valence-electron chi connectivity index (χ3n) is 4.66. The van der Waals surface area contributed by atoms with Crippen molar-refractivity contribution in [2.24, 2.45) is 5.41 Å². The second-order valence-corrected chi connectivity index (χ2v) is 6.33. The van der Waals surface area contributed by atoms with Gasteiger partial charge in [0.2, 0.25) is 5.75 Å². The Bertz CT molecular complexity index is 512. The van der Waals surface area contributed by atoms with Gasteiger partial charge in [0, 0.05) is 18.0 Å². The van der Waals surface area contributed by atoms with Gasteiger partial charge in [-0.3, -0.25) is 0 Å². The van der Waals surface area contributed by atoms with Gasteiger partial charge in [0.15, 0.2) is 11.5 Å². The van der Waals surface area contributed by atoms with Crippen LogP contribution in [0.15, 0.2) is 12.1 Å². The summed E-state index contributed by atoms with van der Waals surface area (Å²) in [7, 11) is 1.64. The highest BCUT2D eigenvalue weighted by Crippen LogP contribution is 2.42. The molecule has 0 bridgehead atoms. The number of hydrogen-bond acceptors (Lipinski definition) is 5. The lowest BCUT2D eigenvalue weighted by molar-refractivity contribution is -0.0729. The summed E-state index contributed by atoms with van der Waals surface area (Å²) in [6.07, 6.45) is 0.583. The smallest absolute Gasteiger partial charge is 0.203 e. The lowest BCUT2D eigenvalue weighted by Crippen LogP contribution is -2.59. The Hall–Kier alpha value is -1.46. The van der Waals surface area contributed by atoms with Gasteiger partial charge in [0.25, 0.3) is 0 Å². The third kappa shape index (κ3) is 2.56. The van der Waals surface area contributed by atoms with Gasteiger partial charge in [-0.1, -0.05) is 13.8 Å². The first-order chi connectivity index (χ1) is 10.0. The molecule has 21 heavy (non-hydrogen) atoms. The maximum atomic E-state index is 9.79. The molecule has 0 aromatic heterocycles. The highest BCUT2D eigenvalue weighted by Gasteiger charge is 2.46. The highest BCUT2D eigenvalue weighted by molar-refractivity contribution is 5.54. The van der Waals surface area contributed by atoms with Crippen LogP contribution in [-0.2, 0) is 6.54 Å². The van der Waals surface area contributed by atoms with Gasteiger partial charge in [-0.2, -0.15) is 0 Å². The fraction of sp³-hybridized carbons (Fsp3) is 0.625. The second kappa shape index (κ2) is 5.39. The van der Waals surface area contributed by atoms with Gasteiger partial charge in [0.1, 0.15) is 13.2 Å². The monoisotopic (exact) mass is 293 g/mol. The molecule has 2 aliphatic rings. The van der Waals surface area contributed by atoms with Gasteiger partial charge in [0.05, 0.1) is 13.2 Å². The van der Waals surface area contributed by atoms with Gasteiger partial charge < -0.3 is 24.6 Å². The fourth-order valence-electron chi connectivity index (χ4n) is 2.92. The van der Waals surface area contributed by atoms with Crippen LogP contribution in [0.1, 0.15) is 25.8 Å². The number of benzene rings is 1. The Morgan fingerprint density at radius 3 is 2.76 bits per heavy atom. The van der Waals surface area contributed by atoms with Crippen LogP contribution >= 0.6 is 0 Å². The minimum Gasteiger partial charge on any atom is -0.493 e. The Kier molecular flexibility index (Phi) is 3.71. The second-order valence-electron chi connectivity index (χ2n) is 6.33. The molecule has 1 saturated carbocycles. The van der Waals surface area contributed by atoms with Gasteiger partial charge in [-0.05, 0) is 24.1 Å². The number of fused-ring (bicyclic) bond motifs is 1. The summed E-state index contributed by atoms with van der Waals surface area (Å²) in [6.45, 7) is 6.00. The lowest BCUT2D eigenvalue weighted by atomic mass is 9.64. The molecule has 1 aliphatic heterocycles. The van der Waals surface area contributed by atoms with Crippen molar-refractivity contribution in [3.8, 4) is 17.2 Å². The summed E-state index contributed by atoms with van der Waals surface area (Å²) >= 11 is 0. The summed E-state index contributed by atoms with van der Waals surface area (Å²) in [6, 6.07) is 4.29. The first-order valence-electron chi connectivity index (χ1n) is 7.40. The molecule has 116 valence electrons. The Morgan fingerprint density at radius 1 is 1.33 bits per heavy atom. The zero-order valence-corrected chi connectivity index (χ0v) is 12.8. The number of nitrogens with one attached hydrogen (secondary N) is 1. The van der Waals surface area contributed by atoms with Crippen molar-refractivity contribution in [1.82, 2.24) is 5.32 Å². The quantitative estimate of drug-likeness (QED) is 0.885. The van der Waals surface area contributed by atoms with E-state index in [0.29, 0.717) is 37.3 Å². The first-order valence-corrected chi connectivity index (χ1v) is 7.40. The number of methoxy groups -OCH3 is 1. The fourth-order valence-corrected chi connectivity index (χ4v) is 2.92. The predicted octanol–water partition coefficient (Wildman–Crippen LogP) is 1.72. The molecule has 2 atom stereocenters. The average molecular weight is 293 g/mol. The predicted molar refractivity (Wildman–Crippen MR) is 79.0 cm³/mol. The van der Waals surface area contributed by atoms with Crippen LogP contribution in [0.3, 0.4) is 0 Å². The van der Waals surface area contributed by atoms with Crippen LogP contribution in [-0.4, -0.2) is 37.6 Å². The van der Waals surface area contributed by atoms with Crippen molar-refractivity contribution in [2.45, 2.75) is 39.0 Å². The molecule has 5 nitrogen and oxygen atoms in total.